The van der Waals surface area contributed by atoms with Crippen molar-refractivity contribution in [1.82, 2.24) is 14.7 Å². The Hall–Kier alpha value is -2.26. The summed E-state index contributed by atoms with van der Waals surface area (Å²) in [5.41, 5.74) is 0.616. The number of ether oxygens (including phenoxy) is 1. The van der Waals surface area contributed by atoms with Gasteiger partial charge in [-0.15, -0.1) is 0 Å². The number of thioether (sulfide) groups is 1. The Morgan fingerprint density at radius 2 is 2.00 bits per heavy atom. The first-order valence-electron chi connectivity index (χ1n) is 10.3. The molecule has 3 rings (SSSR count). The molecule has 164 valence electrons. The molecule has 2 fully saturated rings. The van der Waals surface area contributed by atoms with Crippen LogP contribution in [0.5, 0.6) is 5.75 Å². The van der Waals surface area contributed by atoms with Gasteiger partial charge in [0, 0.05) is 43.4 Å². The van der Waals surface area contributed by atoms with Gasteiger partial charge < -0.3 is 19.9 Å². The fourth-order valence-electron chi connectivity index (χ4n) is 3.79. The smallest absolute Gasteiger partial charge is 0.243 e. The Morgan fingerprint density at radius 3 is 2.73 bits per heavy atom. The van der Waals surface area contributed by atoms with Gasteiger partial charge in [0.15, 0.2) is 0 Å². The van der Waals surface area contributed by atoms with E-state index in [-0.39, 0.29) is 36.9 Å². The fraction of sp³-hybridized carbons (Fsp3) is 0.571. The molecule has 2 aliphatic heterocycles. The van der Waals surface area contributed by atoms with Gasteiger partial charge in [-0.3, -0.25) is 19.3 Å². The number of likely N-dealkylation sites (tertiary alicyclic amines) is 1. The topological polar surface area (TPSA) is 82.2 Å². The van der Waals surface area contributed by atoms with Crippen molar-refractivity contribution < 1.29 is 19.1 Å². The van der Waals surface area contributed by atoms with Crippen molar-refractivity contribution in [3.8, 4) is 5.75 Å². The van der Waals surface area contributed by atoms with E-state index >= 15 is 0 Å². The summed E-state index contributed by atoms with van der Waals surface area (Å²) in [7, 11) is 3.18. The van der Waals surface area contributed by atoms with Crippen LogP contribution in [-0.4, -0.2) is 96.9 Å². The molecule has 1 aromatic rings. The van der Waals surface area contributed by atoms with Crippen LogP contribution in [0.1, 0.15) is 12.8 Å². The molecule has 8 nitrogen and oxygen atoms in total. The molecule has 2 heterocycles. The first-order chi connectivity index (χ1) is 14.5. The van der Waals surface area contributed by atoms with Crippen molar-refractivity contribution in [3.63, 3.8) is 0 Å². The lowest BCUT2D eigenvalue weighted by molar-refractivity contribution is -0.139. The fourth-order valence-corrected chi connectivity index (χ4v) is 4.69. The molecule has 2 saturated heterocycles. The average molecular weight is 435 g/mol. The van der Waals surface area contributed by atoms with Crippen molar-refractivity contribution in [2.75, 3.05) is 63.7 Å². The minimum absolute atomic E-state index is 0.0498. The molecule has 0 aliphatic carbocycles. The van der Waals surface area contributed by atoms with Gasteiger partial charge in [-0.1, -0.05) is 6.07 Å². The van der Waals surface area contributed by atoms with Crippen molar-refractivity contribution in [2.45, 2.75) is 18.9 Å². The van der Waals surface area contributed by atoms with Crippen molar-refractivity contribution in [3.05, 3.63) is 24.3 Å². The molecule has 3 amide bonds. The van der Waals surface area contributed by atoms with Gasteiger partial charge in [-0.2, -0.15) is 11.8 Å². The monoisotopic (exact) mass is 434 g/mol. The maximum absolute atomic E-state index is 12.9. The lowest BCUT2D eigenvalue weighted by Crippen LogP contribution is -2.51. The van der Waals surface area contributed by atoms with Crippen molar-refractivity contribution in [2.24, 2.45) is 0 Å². The van der Waals surface area contributed by atoms with E-state index in [1.54, 1.807) is 38.4 Å². The van der Waals surface area contributed by atoms with Crippen molar-refractivity contribution >= 4 is 35.2 Å². The van der Waals surface area contributed by atoms with Gasteiger partial charge in [0.25, 0.3) is 0 Å². The van der Waals surface area contributed by atoms with Gasteiger partial charge in [0.05, 0.1) is 26.2 Å². The largest absolute Gasteiger partial charge is 0.497 e. The highest BCUT2D eigenvalue weighted by molar-refractivity contribution is 7.99. The number of hydrogen-bond acceptors (Lipinski definition) is 6. The molecule has 1 unspecified atom stereocenters. The zero-order valence-electron chi connectivity index (χ0n) is 17.6. The van der Waals surface area contributed by atoms with Crippen LogP contribution in [-0.2, 0) is 14.4 Å². The highest BCUT2D eigenvalue weighted by Crippen LogP contribution is 2.21. The molecular weight excluding hydrogens is 404 g/mol. The third-order valence-corrected chi connectivity index (χ3v) is 6.41. The SMILES string of the molecule is COc1cccc(NC(=O)CN(C)C(=O)CN2CCCC2C(=O)N2CCSCC2)c1. The molecule has 30 heavy (non-hydrogen) atoms. The number of nitrogens with zero attached hydrogens (tertiary/aromatic N) is 3. The van der Waals surface area contributed by atoms with E-state index in [0.717, 1.165) is 44.0 Å². The van der Waals surface area contributed by atoms with Crippen molar-refractivity contribution in [1.29, 1.82) is 0 Å². The van der Waals surface area contributed by atoms with E-state index in [0.29, 0.717) is 11.4 Å². The summed E-state index contributed by atoms with van der Waals surface area (Å²) in [5.74, 6) is 2.29. The average Bonchev–Trinajstić information content (AvgIpc) is 3.21. The second-order valence-corrected chi connectivity index (χ2v) is 8.82. The number of anilines is 1. The number of carbonyl (C=O) groups is 3. The minimum Gasteiger partial charge on any atom is -0.497 e. The minimum atomic E-state index is -0.279. The first kappa shape index (κ1) is 22.4. The molecule has 9 heteroatoms. The zero-order chi connectivity index (χ0) is 21.5. The molecule has 0 radical (unpaired) electrons. The van der Waals surface area contributed by atoms with E-state index in [4.69, 9.17) is 4.74 Å². The maximum Gasteiger partial charge on any atom is 0.243 e. The van der Waals surface area contributed by atoms with Crippen LogP contribution >= 0.6 is 11.8 Å². The van der Waals surface area contributed by atoms with Crippen LogP contribution in [0.3, 0.4) is 0 Å². The Morgan fingerprint density at radius 1 is 1.23 bits per heavy atom. The Kier molecular flexibility index (Phi) is 7.98. The second kappa shape index (κ2) is 10.7. The molecule has 0 saturated carbocycles. The number of hydrogen-bond donors (Lipinski definition) is 1. The van der Waals surface area contributed by atoms with Gasteiger partial charge in [0.1, 0.15) is 5.75 Å². The Bertz CT molecular complexity index is 769. The normalized spacial score (nSPS) is 19.4. The molecule has 2 aliphatic rings. The third kappa shape index (κ3) is 5.89. The van der Waals surface area contributed by atoms with Gasteiger partial charge in [-0.05, 0) is 31.5 Å². The quantitative estimate of drug-likeness (QED) is 0.693. The maximum atomic E-state index is 12.9. The van der Waals surface area contributed by atoms with E-state index in [1.165, 1.54) is 4.90 Å². The lowest BCUT2D eigenvalue weighted by Gasteiger charge is -2.32. The van der Waals surface area contributed by atoms with E-state index in [9.17, 15) is 14.4 Å². The third-order valence-electron chi connectivity index (χ3n) is 5.47. The van der Waals surface area contributed by atoms with Gasteiger partial charge in [-0.25, -0.2) is 0 Å². The number of likely N-dealkylation sites (N-methyl/N-ethyl adjacent to an activating group) is 1. The number of carbonyl (C=O) groups excluding carboxylic acids is 3. The second-order valence-electron chi connectivity index (χ2n) is 7.60. The highest BCUT2D eigenvalue weighted by Gasteiger charge is 2.35. The summed E-state index contributed by atoms with van der Waals surface area (Å²) < 4.78 is 5.15. The van der Waals surface area contributed by atoms with E-state index < -0.39 is 0 Å². The van der Waals surface area contributed by atoms with E-state index in [1.807, 2.05) is 21.6 Å². The summed E-state index contributed by atoms with van der Waals surface area (Å²) in [5, 5.41) is 2.78. The summed E-state index contributed by atoms with van der Waals surface area (Å²) in [4.78, 5) is 43.2. The zero-order valence-corrected chi connectivity index (χ0v) is 18.5. The molecule has 1 atom stereocenters. The summed E-state index contributed by atoms with van der Waals surface area (Å²) in [6.45, 7) is 2.40. The number of methoxy groups -OCH3 is 1. The first-order valence-corrected chi connectivity index (χ1v) is 11.4. The number of amides is 3. The Labute approximate surface area is 181 Å². The van der Waals surface area contributed by atoms with Crippen LogP contribution in [0.15, 0.2) is 24.3 Å². The number of nitrogens with one attached hydrogen (secondary N) is 1. The summed E-state index contributed by atoms with van der Waals surface area (Å²) in [6.07, 6.45) is 1.70. The number of rotatable bonds is 7. The Balaban J connectivity index is 1.50. The molecular formula is C21H30N4O4S. The summed E-state index contributed by atoms with van der Waals surface area (Å²) in [6, 6.07) is 6.84. The highest BCUT2D eigenvalue weighted by atomic mass is 32.2. The lowest BCUT2D eigenvalue weighted by atomic mass is 10.2. The van der Waals surface area contributed by atoms with E-state index in [2.05, 4.69) is 5.32 Å². The van der Waals surface area contributed by atoms with Crippen LogP contribution in [0, 0.1) is 0 Å². The van der Waals surface area contributed by atoms with Crippen LogP contribution in [0.4, 0.5) is 5.69 Å². The predicted octanol–water partition coefficient (Wildman–Crippen LogP) is 1.13. The molecule has 0 aromatic heterocycles. The summed E-state index contributed by atoms with van der Waals surface area (Å²) >= 11 is 1.87. The van der Waals surface area contributed by atoms with Crippen LogP contribution in [0.2, 0.25) is 0 Å². The molecule has 1 N–H and O–H groups in total. The molecule has 0 spiro atoms. The standard InChI is InChI=1S/C21H30N4O4S/c1-23(14-19(26)22-16-5-3-6-17(13-16)29-2)20(27)15-25-8-4-7-18(25)21(28)24-9-11-30-12-10-24/h3,5-6,13,18H,4,7-12,14-15H2,1-2H3,(H,22,26). The van der Waals surface area contributed by atoms with Gasteiger partial charge in [0.2, 0.25) is 17.7 Å². The van der Waals surface area contributed by atoms with Gasteiger partial charge >= 0.3 is 0 Å². The van der Waals surface area contributed by atoms with Crippen LogP contribution in [0.25, 0.3) is 0 Å². The molecule has 1 aromatic carbocycles. The predicted molar refractivity (Wildman–Crippen MR) is 118 cm³/mol. The number of benzene rings is 1. The van der Waals surface area contributed by atoms with Crippen LogP contribution < -0.4 is 10.1 Å². The molecule has 0 bridgehead atoms.